The van der Waals surface area contributed by atoms with E-state index in [9.17, 15) is 4.79 Å². The van der Waals surface area contributed by atoms with Crippen LogP contribution in [0.2, 0.25) is 36.3 Å². The molecule has 7 atom stereocenters. The number of aryl methyl sites for hydroxylation is 1. The number of unbranched alkanes of at least 4 members (excludes halogenated alkanes) is 1. The van der Waals surface area contributed by atoms with E-state index in [1.807, 2.05) is 6.20 Å². The zero-order chi connectivity index (χ0) is 42.2. The summed E-state index contributed by atoms with van der Waals surface area (Å²) in [5, 5.41) is 2.72. The van der Waals surface area contributed by atoms with Crippen molar-refractivity contribution < 1.29 is 22.8 Å². The lowest BCUT2D eigenvalue weighted by molar-refractivity contribution is -0.0234. The highest BCUT2D eigenvalue weighted by molar-refractivity contribution is 6.74. The van der Waals surface area contributed by atoms with Gasteiger partial charge in [0.25, 0.3) is 0 Å². The average molecular weight is 823 g/mol. The van der Waals surface area contributed by atoms with Crippen molar-refractivity contribution in [2.45, 2.75) is 206 Å². The van der Waals surface area contributed by atoms with Gasteiger partial charge in [-0.15, -0.1) is 0 Å². The van der Waals surface area contributed by atoms with Crippen LogP contribution in [0.1, 0.15) is 157 Å². The Bertz CT molecular complexity index is 1630. The van der Waals surface area contributed by atoms with Gasteiger partial charge in [-0.1, -0.05) is 93.0 Å². The van der Waals surface area contributed by atoms with Gasteiger partial charge in [0.05, 0.1) is 12.3 Å². The topological polar surface area (TPSA) is 82.8 Å². The van der Waals surface area contributed by atoms with Crippen LogP contribution in [0.15, 0.2) is 46.1 Å². The highest BCUT2D eigenvalue weighted by atomic mass is 28.4. The Hall–Kier alpha value is -1.95. The van der Waals surface area contributed by atoms with Crippen LogP contribution < -0.4 is 5.32 Å². The molecule has 0 aromatic carbocycles. The van der Waals surface area contributed by atoms with Gasteiger partial charge in [-0.25, -0.2) is 9.78 Å². The van der Waals surface area contributed by atoms with Gasteiger partial charge in [0.2, 0.25) is 5.89 Å². The zero-order valence-corrected chi connectivity index (χ0v) is 40.8. The van der Waals surface area contributed by atoms with Crippen molar-refractivity contribution in [2.75, 3.05) is 7.05 Å². The number of fused-ring (bicyclic) bond motifs is 1. The Morgan fingerprint density at radius 2 is 1.74 bits per heavy atom. The average Bonchev–Trinajstić information content (AvgIpc) is 3.73. The number of alkyl carbamates (subject to hydrolysis) is 1. The molecule has 0 spiro atoms. The van der Waals surface area contributed by atoms with E-state index in [4.69, 9.17) is 29.6 Å². The van der Waals surface area contributed by atoms with E-state index >= 15 is 0 Å². The molecule has 1 heterocycles. The van der Waals surface area contributed by atoms with Crippen LogP contribution in [-0.4, -0.2) is 47.0 Å². The fraction of sp³-hybridized carbons (Fsp3) is 0.792. The van der Waals surface area contributed by atoms with E-state index in [0.717, 1.165) is 49.9 Å². The molecule has 322 valence electrons. The first-order valence-corrected chi connectivity index (χ1v) is 28.6. The minimum Gasteiger partial charge on any atom is -0.446 e. The normalized spacial score (nSPS) is 30.1. The Balaban J connectivity index is 1.48. The summed E-state index contributed by atoms with van der Waals surface area (Å²) in [5.41, 5.74) is 3.42. The van der Waals surface area contributed by atoms with E-state index in [2.05, 4.69) is 106 Å². The van der Waals surface area contributed by atoms with Gasteiger partial charge in [-0.05, 0) is 141 Å². The van der Waals surface area contributed by atoms with Crippen LogP contribution in [0.4, 0.5) is 4.79 Å². The summed E-state index contributed by atoms with van der Waals surface area (Å²) in [6.07, 6.45) is 21.4. The number of rotatable bonds is 15. The summed E-state index contributed by atoms with van der Waals surface area (Å²) in [6.45, 7) is 35.4. The summed E-state index contributed by atoms with van der Waals surface area (Å²) < 4.78 is 27.6. The lowest BCUT2D eigenvalue weighted by atomic mass is 9.60. The SMILES string of the molecule is C=C1C(=CC=C2CCC[C@]3(C)[C@@H]([C@H](C)CC[C@H](OC(=O)NC)C4CC4)CC[C@@H]23)C[C@](O[Si](C)(C)C(C)(C)C)(c2ncc(CCCC)o2)C[C@@H]1O[Si](C)(C)C(C)(C)C. The maximum absolute atomic E-state index is 12.1. The predicted octanol–water partition coefficient (Wildman–Crippen LogP) is 13.6. The molecule has 1 aromatic heterocycles. The Morgan fingerprint density at radius 1 is 1.05 bits per heavy atom. The molecule has 4 saturated carbocycles. The Kier molecular flexibility index (Phi) is 14.2. The van der Waals surface area contributed by atoms with Gasteiger partial charge in [0.15, 0.2) is 16.6 Å². The van der Waals surface area contributed by atoms with Crippen molar-refractivity contribution in [3.8, 4) is 0 Å². The second-order valence-corrected chi connectivity index (χ2v) is 31.5. The number of aromatic nitrogens is 1. The Morgan fingerprint density at radius 3 is 2.35 bits per heavy atom. The molecule has 9 heteroatoms. The van der Waals surface area contributed by atoms with Crippen molar-refractivity contribution in [1.82, 2.24) is 10.3 Å². The van der Waals surface area contributed by atoms with Gasteiger partial charge >= 0.3 is 6.09 Å². The minimum atomic E-state index is -2.31. The van der Waals surface area contributed by atoms with Crippen LogP contribution in [0.25, 0.3) is 0 Å². The largest absolute Gasteiger partial charge is 0.446 e. The highest BCUT2D eigenvalue weighted by Gasteiger charge is 2.54. The number of amides is 1. The molecule has 1 N–H and O–H groups in total. The van der Waals surface area contributed by atoms with Crippen molar-refractivity contribution in [3.05, 3.63) is 53.3 Å². The quantitative estimate of drug-likeness (QED) is 0.177. The number of allylic oxidation sites excluding steroid dienone is 3. The number of oxazole rings is 1. The lowest BCUT2D eigenvalue weighted by Gasteiger charge is -2.50. The van der Waals surface area contributed by atoms with E-state index < -0.39 is 22.2 Å². The summed E-state index contributed by atoms with van der Waals surface area (Å²) in [7, 11) is -2.85. The van der Waals surface area contributed by atoms with Crippen LogP contribution >= 0.6 is 0 Å². The number of ether oxygens (including phenoxy) is 1. The first-order chi connectivity index (χ1) is 26.5. The van der Waals surface area contributed by atoms with E-state index in [0.29, 0.717) is 42.4 Å². The van der Waals surface area contributed by atoms with Crippen LogP contribution in [0, 0.1) is 29.1 Å². The van der Waals surface area contributed by atoms with Gasteiger partial charge < -0.3 is 23.3 Å². The van der Waals surface area contributed by atoms with Crippen LogP contribution in [0.5, 0.6) is 0 Å². The number of hydrogen-bond donors (Lipinski definition) is 1. The number of hydrogen-bond acceptors (Lipinski definition) is 6. The molecule has 4 fully saturated rings. The molecule has 4 aliphatic rings. The molecule has 0 unspecified atom stereocenters. The second kappa shape index (κ2) is 17.6. The lowest BCUT2D eigenvalue weighted by Crippen LogP contribution is -2.53. The van der Waals surface area contributed by atoms with Crippen molar-refractivity contribution in [2.24, 2.45) is 29.1 Å². The monoisotopic (exact) mass is 823 g/mol. The molecule has 0 bridgehead atoms. The smallest absolute Gasteiger partial charge is 0.407 e. The first kappa shape index (κ1) is 46.1. The second-order valence-electron chi connectivity index (χ2n) is 22.0. The van der Waals surface area contributed by atoms with Gasteiger partial charge in [-0.3, -0.25) is 0 Å². The van der Waals surface area contributed by atoms with Gasteiger partial charge in [-0.2, -0.15) is 0 Å². The molecule has 7 nitrogen and oxygen atoms in total. The summed E-state index contributed by atoms with van der Waals surface area (Å²) in [4.78, 5) is 17.2. The van der Waals surface area contributed by atoms with Gasteiger partial charge in [0, 0.05) is 26.3 Å². The predicted molar refractivity (Wildman–Crippen MR) is 240 cm³/mol. The number of nitrogens with one attached hydrogen (secondary N) is 1. The molecule has 0 saturated heterocycles. The van der Waals surface area contributed by atoms with Crippen molar-refractivity contribution in [1.29, 1.82) is 0 Å². The van der Waals surface area contributed by atoms with E-state index in [-0.39, 0.29) is 33.8 Å². The fourth-order valence-corrected chi connectivity index (χ4v) is 12.8. The van der Waals surface area contributed by atoms with Crippen molar-refractivity contribution >= 4 is 22.7 Å². The summed E-state index contributed by atoms with van der Waals surface area (Å²) in [6, 6.07) is 0. The maximum atomic E-state index is 12.1. The molecule has 0 radical (unpaired) electrons. The number of carbonyl (C=O) groups excluding carboxylic acids is 1. The zero-order valence-electron chi connectivity index (χ0n) is 38.8. The standard InChI is InChI=1S/C48H82N2O5Si2/c1-16-17-20-38-32-50-43(52-38)48(55-57(14,15)46(7,8)9)30-37(34(3)42(31-48)54-56(12,13)45(4,5)6)25-22-35-19-18-29-47(10)39(26-27-40(35)47)33(2)21-28-41(36-23-24-36)53-44(51)49-11/h22,25,32-33,36,39-42H,3,16-21,23-24,26-31H2,1-2,4-15H3,(H,49,51)/t33-,39-,40+,41+,42+,47-,48-/m1/s1. The molecular weight excluding hydrogens is 741 g/mol. The molecule has 0 aliphatic heterocycles. The molecular formula is C48H82N2O5Si2. The number of carbonyl (C=O) groups is 1. The third-order valence-corrected chi connectivity index (χ3v) is 24.8. The minimum absolute atomic E-state index is 0.00636. The maximum Gasteiger partial charge on any atom is 0.407 e. The Labute approximate surface area is 350 Å². The third-order valence-electron chi connectivity index (χ3n) is 15.8. The highest BCUT2D eigenvalue weighted by Crippen LogP contribution is 2.60. The molecule has 57 heavy (non-hydrogen) atoms. The first-order valence-electron chi connectivity index (χ1n) is 22.8. The third kappa shape index (κ3) is 10.3. The van der Waals surface area contributed by atoms with E-state index in [1.54, 1.807) is 12.6 Å². The number of nitrogens with zero attached hydrogens (tertiary/aromatic N) is 1. The van der Waals surface area contributed by atoms with Crippen LogP contribution in [-0.2, 0) is 25.6 Å². The van der Waals surface area contributed by atoms with Crippen LogP contribution in [0.3, 0.4) is 0 Å². The fourth-order valence-electron chi connectivity index (χ4n) is 9.95. The molecule has 5 rings (SSSR count). The molecule has 1 aromatic rings. The van der Waals surface area contributed by atoms with Gasteiger partial charge in [0.1, 0.15) is 17.5 Å². The molecule has 1 amide bonds. The molecule has 4 aliphatic carbocycles. The summed E-state index contributed by atoms with van der Waals surface area (Å²) in [5.74, 6) is 4.03. The van der Waals surface area contributed by atoms with Crippen molar-refractivity contribution in [3.63, 3.8) is 0 Å². The summed E-state index contributed by atoms with van der Waals surface area (Å²) >= 11 is 0. The van der Waals surface area contributed by atoms with E-state index in [1.165, 1.54) is 44.1 Å².